The fraction of sp³-hybridized carbons (Fsp3) is 0.500. The molecule has 11 heteroatoms. The van der Waals surface area contributed by atoms with Crippen molar-refractivity contribution < 1.29 is 35.5 Å². The van der Waals surface area contributed by atoms with Gasteiger partial charge in [0.05, 0.1) is 22.7 Å². The maximum absolute atomic E-state index is 13.7. The lowest BCUT2D eigenvalue weighted by molar-refractivity contribution is -0.143. The molecule has 1 heterocycles. The molecule has 0 bridgehead atoms. The number of halogens is 7. The van der Waals surface area contributed by atoms with E-state index in [-0.39, 0.29) is 24.1 Å². The lowest BCUT2D eigenvalue weighted by Crippen LogP contribution is -2.53. The highest BCUT2D eigenvalue weighted by atomic mass is 19.4. The number of hydrogen-bond acceptors (Lipinski definition) is 2. The highest BCUT2D eigenvalue weighted by molar-refractivity contribution is 5.76. The van der Waals surface area contributed by atoms with Crippen LogP contribution in [0.3, 0.4) is 0 Å². The van der Waals surface area contributed by atoms with E-state index >= 15 is 0 Å². The van der Waals surface area contributed by atoms with Crippen LogP contribution in [0.15, 0.2) is 36.4 Å². The molecule has 0 radical (unpaired) electrons. The first-order valence-corrected chi connectivity index (χ1v) is 11.8. The minimum absolute atomic E-state index is 0.0618. The van der Waals surface area contributed by atoms with E-state index in [0.717, 1.165) is 4.90 Å². The van der Waals surface area contributed by atoms with Gasteiger partial charge in [-0.05, 0) is 93.1 Å². The van der Waals surface area contributed by atoms with Crippen molar-refractivity contribution in [3.8, 4) is 0 Å². The number of likely N-dealkylation sites (tertiary alicyclic amines) is 1. The fourth-order valence-electron chi connectivity index (χ4n) is 4.72. The number of carbonyl (C=O) groups excluding carboxylic acids is 1. The summed E-state index contributed by atoms with van der Waals surface area (Å²) in [7, 11) is 1.35. The summed E-state index contributed by atoms with van der Waals surface area (Å²) < 4.78 is 94.5. The topological polar surface area (TPSA) is 49.6 Å². The summed E-state index contributed by atoms with van der Waals surface area (Å²) in [6.07, 6.45) is -8.95. The number of piperidine rings is 1. The number of aryl methyl sites for hydroxylation is 1. The predicted octanol–water partition coefficient (Wildman–Crippen LogP) is 6.87. The van der Waals surface area contributed by atoms with Crippen molar-refractivity contribution in [2.45, 2.75) is 57.5 Å². The van der Waals surface area contributed by atoms with Crippen LogP contribution in [-0.4, -0.2) is 36.0 Å². The highest BCUT2D eigenvalue weighted by Gasteiger charge is 2.42. The van der Waals surface area contributed by atoms with Gasteiger partial charge in [0.1, 0.15) is 5.82 Å². The Morgan fingerprint density at radius 3 is 2.03 bits per heavy atom. The zero-order chi connectivity index (χ0) is 27.9. The van der Waals surface area contributed by atoms with Crippen LogP contribution in [0.25, 0.3) is 0 Å². The Morgan fingerprint density at radius 1 is 1.00 bits per heavy atom. The van der Waals surface area contributed by atoms with Gasteiger partial charge >= 0.3 is 18.4 Å². The second kappa shape index (κ2) is 10.2. The first kappa shape index (κ1) is 28.7. The first-order chi connectivity index (χ1) is 17.0. The van der Waals surface area contributed by atoms with Gasteiger partial charge in [0.25, 0.3) is 0 Å². The molecule has 0 unspecified atom stereocenters. The minimum atomic E-state index is -5.01. The number of alkyl halides is 6. The van der Waals surface area contributed by atoms with E-state index in [1.807, 2.05) is 0 Å². The van der Waals surface area contributed by atoms with E-state index in [1.54, 1.807) is 13.0 Å². The number of hydrogen-bond donors (Lipinski definition) is 1. The monoisotopic (exact) mass is 533 g/mol. The minimum Gasteiger partial charge on any atom is -0.330 e. The Hall–Kier alpha value is -2.82. The summed E-state index contributed by atoms with van der Waals surface area (Å²) in [4.78, 5) is 16.4. The van der Waals surface area contributed by atoms with Crippen molar-refractivity contribution in [1.82, 2.24) is 9.80 Å². The maximum atomic E-state index is 13.7. The van der Waals surface area contributed by atoms with Crippen molar-refractivity contribution in [2.75, 3.05) is 20.1 Å². The molecule has 1 aliphatic heterocycles. The van der Waals surface area contributed by atoms with Crippen molar-refractivity contribution in [1.29, 1.82) is 0 Å². The van der Waals surface area contributed by atoms with E-state index < -0.39 is 46.9 Å². The highest BCUT2D eigenvalue weighted by Crippen LogP contribution is 2.41. The molecular weight excluding hydrogens is 503 g/mol. The van der Waals surface area contributed by atoms with Gasteiger partial charge in [-0.2, -0.15) is 26.3 Å². The molecule has 3 rings (SSSR count). The van der Waals surface area contributed by atoms with E-state index in [2.05, 4.69) is 0 Å². The van der Waals surface area contributed by atoms with E-state index in [9.17, 15) is 35.5 Å². The van der Waals surface area contributed by atoms with Crippen LogP contribution in [0.4, 0.5) is 35.5 Å². The molecule has 2 amide bonds. The molecule has 0 spiro atoms. The molecule has 4 nitrogen and oxygen atoms in total. The quantitative estimate of drug-likeness (QED) is 0.436. The molecule has 1 aliphatic rings. The number of nitrogens with zero attached hydrogens (tertiary/aromatic N) is 2. The number of carbonyl (C=O) groups is 1. The summed E-state index contributed by atoms with van der Waals surface area (Å²) in [5.41, 5.74) is 2.46. The lowest BCUT2D eigenvalue weighted by atomic mass is 9.85. The van der Waals surface area contributed by atoms with Gasteiger partial charge in [-0.15, -0.1) is 0 Å². The van der Waals surface area contributed by atoms with Gasteiger partial charge in [0.15, 0.2) is 0 Å². The van der Waals surface area contributed by atoms with Crippen LogP contribution in [0.2, 0.25) is 0 Å². The standard InChI is InChI=1S/C26H30F7N3O/c1-15-9-20(27)5-6-21(15)22-10-16(14-34)7-8-36(22)23(37)35(4)24(2,3)17-11-18(25(28,29)30)13-19(12-17)26(31,32)33/h5-6,9,11-13,16,22H,7-8,10,14,34H2,1-4H3/t16-,22+/m0/s1. The average molecular weight is 534 g/mol. The SMILES string of the molecule is Cc1cc(F)ccc1[C@H]1C[C@@H](CN)CCN1C(=O)N(C)C(C)(C)c1cc(C(F)(F)F)cc(C(F)(F)F)c1. The number of amides is 2. The predicted molar refractivity (Wildman–Crippen MR) is 125 cm³/mol. The molecule has 2 N–H and O–H groups in total. The molecule has 2 atom stereocenters. The van der Waals surface area contributed by atoms with Crippen molar-refractivity contribution in [3.05, 3.63) is 70.0 Å². The van der Waals surface area contributed by atoms with E-state index in [1.165, 1.54) is 37.9 Å². The largest absolute Gasteiger partial charge is 0.416 e. The third kappa shape index (κ3) is 6.02. The summed E-state index contributed by atoms with van der Waals surface area (Å²) in [6.45, 7) is 5.16. The molecule has 37 heavy (non-hydrogen) atoms. The van der Waals surface area contributed by atoms with Crippen LogP contribution in [0.1, 0.15) is 60.5 Å². The van der Waals surface area contributed by atoms with Gasteiger partial charge in [-0.3, -0.25) is 0 Å². The van der Waals surface area contributed by atoms with Crippen LogP contribution >= 0.6 is 0 Å². The number of urea groups is 1. The fourth-order valence-corrected chi connectivity index (χ4v) is 4.72. The Labute approximate surface area is 211 Å². The number of nitrogens with two attached hydrogens (primary N) is 1. The van der Waals surface area contributed by atoms with Crippen LogP contribution < -0.4 is 5.73 Å². The summed E-state index contributed by atoms with van der Waals surface area (Å²) in [5.74, 6) is -0.344. The van der Waals surface area contributed by atoms with E-state index in [4.69, 9.17) is 5.73 Å². The Kier molecular flexibility index (Phi) is 7.89. The van der Waals surface area contributed by atoms with E-state index in [0.29, 0.717) is 42.6 Å². The summed E-state index contributed by atoms with van der Waals surface area (Å²) >= 11 is 0. The van der Waals surface area contributed by atoms with Crippen molar-refractivity contribution in [3.63, 3.8) is 0 Å². The van der Waals surface area contributed by atoms with Crippen LogP contribution in [0, 0.1) is 18.7 Å². The number of rotatable bonds is 4. The Bertz CT molecular complexity index is 1110. The third-order valence-corrected chi connectivity index (χ3v) is 7.30. The average Bonchev–Trinajstić information content (AvgIpc) is 2.81. The molecule has 204 valence electrons. The molecule has 0 aromatic heterocycles. The Morgan fingerprint density at radius 2 is 1.54 bits per heavy atom. The van der Waals surface area contributed by atoms with Crippen molar-refractivity contribution >= 4 is 6.03 Å². The molecule has 1 fully saturated rings. The molecule has 2 aromatic rings. The lowest BCUT2D eigenvalue weighted by Gasteiger charge is -2.45. The second-order valence-corrected chi connectivity index (χ2v) is 10.0. The van der Waals surface area contributed by atoms with Gasteiger partial charge in [0.2, 0.25) is 0 Å². The van der Waals surface area contributed by atoms with Gasteiger partial charge in [-0.25, -0.2) is 9.18 Å². The van der Waals surface area contributed by atoms with Crippen LogP contribution in [-0.2, 0) is 17.9 Å². The molecule has 0 aliphatic carbocycles. The van der Waals surface area contributed by atoms with Crippen LogP contribution in [0.5, 0.6) is 0 Å². The normalized spacial score (nSPS) is 19.2. The third-order valence-electron chi connectivity index (χ3n) is 7.30. The first-order valence-electron chi connectivity index (χ1n) is 11.8. The smallest absolute Gasteiger partial charge is 0.330 e. The molecule has 1 saturated heterocycles. The van der Waals surface area contributed by atoms with Gasteiger partial charge in [-0.1, -0.05) is 6.07 Å². The second-order valence-electron chi connectivity index (χ2n) is 10.0. The van der Waals surface area contributed by atoms with Gasteiger partial charge in [0, 0.05) is 13.6 Å². The zero-order valence-electron chi connectivity index (χ0n) is 21.0. The summed E-state index contributed by atoms with van der Waals surface area (Å²) in [5, 5.41) is 0. The summed E-state index contributed by atoms with van der Waals surface area (Å²) in [6, 6.07) is 4.50. The maximum Gasteiger partial charge on any atom is 0.416 e. The van der Waals surface area contributed by atoms with Gasteiger partial charge < -0.3 is 15.5 Å². The molecule has 2 aromatic carbocycles. The molecule has 0 saturated carbocycles. The molecular formula is C26H30F7N3O. The van der Waals surface area contributed by atoms with Crippen molar-refractivity contribution in [2.24, 2.45) is 11.7 Å². The Balaban J connectivity index is 2.02. The zero-order valence-corrected chi connectivity index (χ0v) is 21.0. The number of benzene rings is 2.